The molecular formula is C10H10F3N3OS. The molecule has 8 heteroatoms. The molecule has 4 nitrogen and oxygen atoms in total. The van der Waals surface area contributed by atoms with Gasteiger partial charge in [-0.05, 0) is 30.4 Å². The Hall–Kier alpha value is -1.83. The van der Waals surface area contributed by atoms with E-state index in [0.29, 0.717) is 0 Å². The third-order valence-electron chi connectivity index (χ3n) is 1.90. The van der Waals surface area contributed by atoms with Crippen LogP contribution in [-0.2, 0) is 11.0 Å². The lowest BCUT2D eigenvalue weighted by Crippen LogP contribution is -2.22. The van der Waals surface area contributed by atoms with Gasteiger partial charge in [-0.3, -0.25) is 4.79 Å². The minimum atomic E-state index is -4.58. The number of hydrogen-bond acceptors (Lipinski definition) is 2. The lowest BCUT2D eigenvalue weighted by Gasteiger charge is -2.15. The molecule has 0 spiro atoms. The van der Waals surface area contributed by atoms with Crippen LogP contribution in [0.5, 0.6) is 0 Å². The molecule has 0 fully saturated rings. The molecular weight excluding hydrogens is 267 g/mol. The van der Waals surface area contributed by atoms with E-state index in [1.165, 1.54) is 13.0 Å². The molecule has 1 rings (SSSR count). The van der Waals surface area contributed by atoms with E-state index in [-0.39, 0.29) is 16.5 Å². The van der Waals surface area contributed by atoms with Crippen LogP contribution in [0.2, 0.25) is 0 Å². The number of carbonyl (C=O) groups is 1. The number of benzene rings is 1. The molecule has 0 aliphatic rings. The molecule has 98 valence electrons. The summed E-state index contributed by atoms with van der Waals surface area (Å²) in [6.45, 7) is 1.20. The van der Waals surface area contributed by atoms with Crippen LogP contribution in [0.1, 0.15) is 12.5 Å². The lowest BCUT2D eigenvalue weighted by molar-refractivity contribution is -0.136. The zero-order chi connectivity index (χ0) is 13.9. The van der Waals surface area contributed by atoms with Crippen LogP contribution in [0.15, 0.2) is 18.2 Å². The quantitative estimate of drug-likeness (QED) is 0.726. The molecule has 1 aromatic rings. The van der Waals surface area contributed by atoms with Gasteiger partial charge in [0.1, 0.15) is 0 Å². The number of amides is 1. The summed E-state index contributed by atoms with van der Waals surface area (Å²) < 4.78 is 38.3. The molecule has 0 saturated heterocycles. The van der Waals surface area contributed by atoms with Crippen LogP contribution >= 0.6 is 12.2 Å². The third kappa shape index (κ3) is 3.88. The molecule has 0 aliphatic heterocycles. The second-order valence-electron chi connectivity index (χ2n) is 3.43. The molecule has 0 unspecified atom stereocenters. The molecule has 0 radical (unpaired) electrons. The van der Waals surface area contributed by atoms with Gasteiger partial charge < -0.3 is 16.4 Å². The van der Waals surface area contributed by atoms with Gasteiger partial charge in [-0.2, -0.15) is 13.2 Å². The highest BCUT2D eigenvalue weighted by molar-refractivity contribution is 7.80. The van der Waals surface area contributed by atoms with Crippen molar-refractivity contribution in [1.82, 2.24) is 0 Å². The number of anilines is 2. The Labute approximate surface area is 106 Å². The summed E-state index contributed by atoms with van der Waals surface area (Å²) in [7, 11) is 0. The van der Waals surface area contributed by atoms with Crippen molar-refractivity contribution in [3.63, 3.8) is 0 Å². The van der Waals surface area contributed by atoms with Gasteiger partial charge in [-0.15, -0.1) is 0 Å². The maximum Gasteiger partial charge on any atom is 0.418 e. The molecule has 4 N–H and O–H groups in total. The topological polar surface area (TPSA) is 67.2 Å². The van der Waals surface area contributed by atoms with Gasteiger partial charge in [-0.1, -0.05) is 0 Å². The zero-order valence-corrected chi connectivity index (χ0v) is 10.1. The molecule has 0 aromatic heterocycles. The van der Waals surface area contributed by atoms with Crippen molar-refractivity contribution in [2.45, 2.75) is 13.1 Å². The number of thiocarbonyl (C=S) groups is 1. The molecule has 0 bridgehead atoms. The number of carbonyl (C=O) groups excluding carboxylic acids is 1. The van der Waals surface area contributed by atoms with Gasteiger partial charge in [0.2, 0.25) is 5.91 Å². The Bertz CT molecular complexity index is 488. The number of alkyl halides is 3. The van der Waals surface area contributed by atoms with E-state index in [2.05, 4.69) is 22.9 Å². The summed E-state index contributed by atoms with van der Waals surface area (Å²) in [6.07, 6.45) is -4.58. The maximum absolute atomic E-state index is 12.8. The van der Waals surface area contributed by atoms with E-state index >= 15 is 0 Å². The zero-order valence-electron chi connectivity index (χ0n) is 9.26. The summed E-state index contributed by atoms with van der Waals surface area (Å²) in [5, 5.41) is 4.23. The number of hydrogen-bond donors (Lipinski definition) is 3. The first-order valence-corrected chi connectivity index (χ1v) is 5.16. The van der Waals surface area contributed by atoms with E-state index in [4.69, 9.17) is 5.73 Å². The first-order valence-electron chi connectivity index (χ1n) is 4.75. The fraction of sp³-hybridized carbons (Fsp3) is 0.200. The maximum atomic E-state index is 12.8. The highest BCUT2D eigenvalue weighted by atomic mass is 32.1. The average molecular weight is 277 g/mol. The summed E-state index contributed by atoms with van der Waals surface area (Å²) in [5.74, 6) is -0.460. The Morgan fingerprint density at radius 1 is 1.33 bits per heavy atom. The van der Waals surface area contributed by atoms with Crippen LogP contribution in [0.4, 0.5) is 24.5 Å². The molecule has 0 heterocycles. The molecule has 0 aliphatic carbocycles. The van der Waals surface area contributed by atoms with Crippen LogP contribution in [0.3, 0.4) is 0 Å². The molecule has 0 saturated carbocycles. The minimum absolute atomic E-state index is 0.0447. The monoisotopic (exact) mass is 277 g/mol. The molecule has 1 aromatic carbocycles. The summed E-state index contributed by atoms with van der Waals surface area (Å²) in [4.78, 5) is 10.8. The summed E-state index contributed by atoms with van der Waals surface area (Å²) in [5.41, 5.74) is 3.97. The van der Waals surface area contributed by atoms with Crippen LogP contribution in [0, 0.1) is 0 Å². The van der Waals surface area contributed by atoms with Gasteiger partial charge in [0.05, 0.1) is 11.3 Å². The highest BCUT2D eigenvalue weighted by Crippen LogP contribution is 2.36. The van der Waals surface area contributed by atoms with Crippen molar-refractivity contribution in [2.24, 2.45) is 5.73 Å². The van der Waals surface area contributed by atoms with E-state index in [1.54, 1.807) is 0 Å². The Morgan fingerprint density at radius 3 is 2.39 bits per heavy atom. The van der Waals surface area contributed by atoms with E-state index in [0.717, 1.165) is 12.1 Å². The largest absolute Gasteiger partial charge is 0.418 e. The molecule has 1 amide bonds. The van der Waals surface area contributed by atoms with Crippen molar-refractivity contribution in [1.29, 1.82) is 0 Å². The predicted molar refractivity (Wildman–Crippen MR) is 66.2 cm³/mol. The molecule has 0 atom stereocenters. The second kappa shape index (κ2) is 5.21. The Morgan fingerprint density at radius 2 is 1.94 bits per heavy atom. The normalized spacial score (nSPS) is 10.9. The first kappa shape index (κ1) is 14.2. The van der Waals surface area contributed by atoms with Crippen LogP contribution in [-0.4, -0.2) is 11.0 Å². The number of rotatable bonds is 2. The fourth-order valence-electron chi connectivity index (χ4n) is 1.30. The fourth-order valence-corrected chi connectivity index (χ4v) is 1.41. The van der Waals surface area contributed by atoms with Crippen molar-refractivity contribution in [2.75, 3.05) is 10.6 Å². The van der Waals surface area contributed by atoms with Gasteiger partial charge in [0, 0.05) is 12.6 Å². The van der Waals surface area contributed by atoms with E-state index in [1.807, 2.05) is 0 Å². The van der Waals surface area contributed by atoms with Crippen molar-refractivity contribution >= 4 is 34.6 Å². The summed E-state index contributed by atoms with van der Waals surface area (Å²) >= 11 is 4.49. The average Bonchev–Trinajstić information content (AvgIpc) is 2.17. The lowest BCUT2D eigenvalue weighted by atomic mass is 10.1. The summed E-state index contributed by atoms with van der Waals surface area (Å²) in [6, 6.07) is 3.27. The van der Waals surface area contributed by atoms with Gasteiger partial charge in [0.25, 0.3) is 0 Å². The highest BCUT2D eigenvalue weighted by Gasteiger charge is 2.34. The third-order valence-corrected chi connectivity index (χ3v) is 2.01. The Kier molecular flexibility index (Phi) is 4.12. The Balaban J connectivity index is 3.20. The van der Waals surface area contributed by atoms with Crippen LogP contribution < -0.4 is 16.4 Å². The van der Waals surface area contributed by atoms with Gasteiger partial charge >= 0.3 is 6.18 Å². The number of nitrogens with one attached hydrogen (secondary N) is 2. The van der Waals surface area contributed by atoms with E-state index in [9.17, 15) is 18.0 Å². The predicted octanol–water partition coefficient (Wildman–Crippen LogP) is 2.32. The minimum Gasteiger partial charge on any atom is -0.376 e. The SMILES string of the molecule is CC(=O)Nc1ccc(NC(N)=S)c(C(F)(F)F)c1. The number of halogens is 3. The van der Waals surface area contributed by atoms with Gasteiger partial charge in [-0.25, -0.2) is 0 Å². The number of nitrogens with two attached hydrogens (primary N) is 1. The first-order chi connectivity index (χ1) is 8.20. The van der Waals surface area contributed by atoms with Crippen molar-refractivity contribution in [3.8, 4) is 0 Å². The van der Waals surface area contributed by atoms with Crippen LogP contribution in [0.25, 0.3) is 0 Å². The second-order valence-corrected chi connectivity index (χ2v) is 3.87. The smallest absolute Gasteiger partial charge is 0.376 e. The van der Waals surface area contributed by atoms with Gasteiger partial charge in [0.15, 0.2) is 5.11 Å². The van der Waals surface area contributed by atoms with E-state index < -0.39 is 17.6 Å². The van der Waals surface area contributed by atoms with Crippen molar-refractivity contribution in [3.05, 3.63) is 23.8 Å². The molecule has 18 heavy (non-hydrogen) atoms. The van der Waals surface area contributed by atoms with Crippen molar-refractivity contribution < 1.29 is 18.0 Å². The standard InChI is InChI=1S/C10H10F3N3OS/c1-5(17)15-6-2-3-8(16-9(14)18)7(4-6)10(11,12)13/h2-4H,1H3,(H,15,17)(H3,14,16,18).